The molecule has 4 heteroatoms. The molecule has 132 valence electrons. The summed E-state index contributed by atoms with van der Waals surface area (Å²) in [6.45, 7) is 2.86. The second-order valence-corrected chi connectivity index (χ2v) is 6.43. The van der Waals surface area contributed by atoms with Gasteiger partial charge in [0.15, 0.2) is 0 Å². The number of likely N-dealkylation sites (tertiary alicyclic amines) is 1. The van der Waals surface area contributed by atoms with Gasteiger partial charge in [0.05, 0.1) is 13.5 Å². The highest BCUT2D eigenvalue weighted by molar-refractivity contribution is 5.69. The van der Waals surface area contributed by atoms with Crippen molar-refractivity contribution in [1.29, 1.82) is 0 Å². The minimum atomic E-state index is -0.129. The van der Waals surface area contributed by atoms with E-state index >= 15 is 0 Å². The number of piperidine rings is 1. The SMILES string of the molecule is COC(=O)CCN1CCC(c2ccc(Oc3ccccc3)cc2)CC1. The molecule has 0 unspecified atom stereocenters. The van der Waals surface area contributed by atoms with Crippen LogP contribution in [0.5, 0.6) is 11.5 Å². The van der Waals surface area contributed by atoms with Crippen LogP contribution in [0.4, 0.5) is 0 Å². The fourth-order valence-corrected chi connectivity index (χ4v) is 3.27. The monoisotopic (exact) mass is 339 g/mol. The van der Waals surface area contributed by atoms with Crippen LogP contribution in [0.2, 0.25) is 0 Å². The lowest BCUT2D eigenvalue weighted by molar-refractivity contribution is -0.141. The summed E-state index contributed by atoms with van der Waals surface area (Å²) in [5, 5.41) is 0. The summed E-state index contributed by atoms with van der Waals surface area (Å²) >= 11 is 0. The molecule has 1 saturated heterocycles. The molecule has 0 N–H and O–H groups in total. The summed E-state index contributed by atoms with van der Waals surface area (Å²) in [6.07, 6.45) is 2.73. The number of methoxy groups -OCH3 is 1. The van der Waals surface area contributed by atoms with E-state index in [1.807, 2.05) is 42.5 Å². The van der Waals surface area contributed by atoms with Gasteiger partial charge in [0.1, 0.15) is 11.5 Å². The molecule has 1 aliphatic heterocycles. The van der Waals surface area contributed by atoms with Crippen LogP contribution in [0.1, 0.15) is 30.7 Å². The number of rotatable bonds is 6. The van der Waals surface area contributed by atoms with Gasteiger partial charge in [-0.25, -0.2) is 0 Å². The number of hydrogen-bond donors (Lipinski definition) is 0. The molecule has 2 aromatic rings. The molecule has 0 amide bonds. The maximum Gasteiger partial charge on any atom is 0.306 e. The normalized spacial score (nSPS) is 15.7. The minimum Gasteiger partial charge on any atom is -0.469 e. The average molecular weight is 339 g/mol. The molecule has 0 atom stereocenters. The van der Waals surface area contributed by atoms with Gasteiger partial charge >= 0.3 is 5.97 Å². The van der Waals surface area contributed by atoms with Crippen molar-refractivity contribution in [3.8, 4) is 11.5 Å². The molecule has 0 saturated carbocycles. The molecule has 25 heavy (non-hydrogen) atoms. The molecule has 0 aromatic heterocycles. The molecule has 1 fully saturated rings. The van der Waals surface area contributed by atoms with Gasteiger partial charge in [0, 0.05) is 6.54 Å². The number of nitrogens with zero attached hydrogens (tertiary/aromatic N) is 1. The van der Waals surface area contributed by atoms with Crippen LogP contribution >= 0.6 is 0 Å². The van der Waals surface area contributed by atoms with E-state index in [1.54, 1.807) is 0 Å². The number of carbonyl (C=O) groups is 1. The topological polar surface area (TPSA) is 38.8 Å². The lowest BCUT2D eigenvalue weighted by Gasteiger charge is -2.32. The Labute approximate surface area is 149 Å². The lowest BCUT2D eigenvalue weighted by Crippen LogP contribution is -2.34. The van der Waals surface area contributed by atoms with Gasteiger partial charge in [-0.1, -0.05) is 30.3 Å². The highest BCUT2D eigenvalue weighted by Gasteiger charge is 2.21. The Kier molecular flexibility index (Phi) is 6.07. The predicted molar refractivity (Wildman–Crippen MR) is 98.0 cm³/mol. The molecular weight excluding hydrogens is 314 g/mol. The van der Waals surface area contributed by atoms with Gasteiger partial charge in [-0.15, -0.1) is 0 Å². The van der Waals surface area contributed by atoms with E-state index in [0.29, 0.717) is 12.3 Å². The van der Waals surface area contributed by atoms with E-state index in [1.165, 1.54) is 12.7 Å². The molecule has 4 nitrogen and oxygen atoms in total. The number of esters is 1. The van der Waals surface area contributed by atoms with Crippen LogP contribution in [0, 0.1) is 0 Å². The van der Waals surface area contributed by atoms with Crippen molar-refractivity contribution in [1.82, 2.24) is 4.90 Å². The lowest BCUT2D eigenvalue weighted by atomic mass is 9.89. The van der Waals surface area contributed by atoms with Crippen LogP contribution in [-0.2, 0) is 9.53 Å². The fraction of sp³-hybridized carbons (Fsp3) is 0.381. The fourth-order valence-electron chi connectivity index (χ4n) is 3.27. The first kappa shape index (κ1) is 17.5. The summed E-state index contributed by atoms with van der Waals surface area (Å²) < 4.78 is 10.6. The first-order valence-electron chi connectivity index (χ1n) is 8.86. The molecule has 0 bridgehead atoms. The van der Waals surface area contributed by atoms with E-state index < -0.39 is 0 Å². The Morgan fingerprint density at radius 1 is 1.00 bits per heavy atom. The highest BCUT2D eigenvalue weighted by atomic mass is 16.5. The number of para-hydroxylation sites is 1. The highest BCUT2D eigenvalue weighted by Crippen LogP contribution is 2.30. The van der Waals surface area contributed by atoms with Crippen molar-refractivity contribution in [3.63, 3.8) is 0 Å². The molecular formula is C21H25NO3. The van der Waals surface area contributed by atoms with Crippen molar-refractivity contribution in [2.24, 2.45) is 0 Å². The van der Waals surface area contributed by atoms with Crippen molar-refractivity contribution in [3.05, 3.63) is 60.2 Å². The third-order valence-corrected chi connectivity index (χ3v) is 4.78. The molecule has 1 aliphatic rings. The van der Waals surface area contributed by atoms with Gasteiger partial charge in [0.25, 0.3) is 0 Å². The zero-order valence-electron chi connectivity index (χ0n) is 14.7. The quantitative estimate of drug-likeness (QED) is 0.739. The van der Waals surface area contributed by atoms with Gasteiger partial charge < -0.3 is 14.4 Å². The molecule has 0 spiro atoms. The van der Waals surface area contributed by atoms with E-state index in [0.717, 1.165) is 44.0 Å². The maximum atomic E-state index is 11.2. The smallest absolute Gasteiger partial charge is 0.306 e. The Balaban J connectivity index is 1.49. The van der Waals surface area contributed by atoms with E-state index in [9.17, 15) is 4.79 Å². The molecule has 2 aromatic carbocycles. The van der Waals surface area contributed by atoms with E-state index in [2.05, 4.69) is 17.0 Å². The van der Waals surface area contributed by atoms with Crippen molar-refractivity contribution >= 4 is 5.97 Å². The van der Waals surface area contributed by atoms with Crippen molar-refractivity contribution in [2.75, 3.05) is 26.7 Å². The van der Waals surface area contributed by atoms with Crippen molar-refractivity contribution in [2.45, 2.75) is 25.2 Å². The summed E-state index contributed by atoms with van der Waals surface area (Å²) in [5.74, 6) is 2.18. The number of benzene rings is 2. The zero-order valence-corrected chi connectivity index (χ0v) is 14.7. The van der Waals surface area contributed by atoms with Gasteiger partial charge in [-0.3, -0.25) is 4.79 Å². The van der Waals surface area contributed by atoms with Crippen LogP contribution in [-0.4, -0.2) is 37.6 Å². The van der Waals surface area contributed by atoms with Gasteiger partial charge in [-0.05, 0) is 61.7 Å². The zero-order chi connectivity index (χ0) is 17.5. The van der Waals surface area contributed by atoms with Gasteiger partial charge in [-0.2, -0.15) is 0 Å². The molecule has 3 rings (SSSR count). The first-order valence-corrected chi connectivity index (χ1v) is 8.86. The van der Waals surface area contributed by atoms with Gasteiger partial charge in [0.2, 0.25) is 0 Å². The summed E-state index contributed by atoms with van der Waals surface area (Å²) in [5.41, 5.74) is 1.37. The summed E-state index contributed by atoms with van der Waals surface area (Å²) in [6, 6.07) is 18.3. The van der Waals surface area contributed by atoms with Crippen molar-refractivity contribution < 1.29 is 14.3 Å². The van der Waals surface area contributed by atoms with Crippen LogP contribution < -0.4 is 4.74 Å². The number of hydrogen-bond acceptors (Lipinski definition) is 4. The number of ether oxygens (including phenoxy) is 2. The predicted octanol–water partition coefficient (Wildman–Crippen LogP) is 4.22. The maximum absolute atomic E-state index is 11.2. The van der Waals surface area contributed by atoms with E-state index in [-0.39, 0.29) is 5.97 Å². The summed E-state index contributed by atoms with van der Waals surface area (Å²) in [4.78, 5) is 13.6. The van der Waals surface area contributed by atoms with Crippen LogP contribution in [0.25, 0.3) is 0 Å². The van der Waals surface area contributed by atoms with Crippen LogP contribution in [0.15, 0.2) is 54.6 Å². The largest absolute Gasteiger partial charge is 0.469 e. The Morgan fingerprint density at radius 2 is 1.64 bits per heavy atom. The Hall–Kier alpha value is -2.33. The Morgan fingerprint density at radius 3 is 2.28 bits per heavy atom. The molecule has 1 heterocycles. The third kappa shape index (κ3) is 5.07. The standard InChI is InChI=1S/C21H25NO3/c1-24-21(23)13-16-22-14-11-18(12-15-22)17-7-9-20(10-8-17)25-19-5-3-2-4-6-19/h2-10,18H,11-16H2,1H3. The van der Waals surface area contributed by atoms with E-state index in [4.69, 9.17) is 9.47 Å². The first-order chi connectivity index (χ1) is 12.2. The second kappa shape index (κ2) is 8.67. The molecule has 0 aliphatic carbocycles. The van der Waals surface area contributed by atoms with Crippen LogP contribution in [0.3, 0.4) is 0 Å². The Bertz CT molecular complexity index is 661. The minimum absolute atomic E-state index is 0.129. The third-order valence-electron chi connectivity index (χ3n) is 4.78. The second-order valence-electron chi connectivity index (χ2n) is 6.43. The average Bonchev–Trinajstić information content (AvgIpc) is 2.68. The summed E-state index contributed by atoms with van der Waals surface area (Å²) in [7, 11) is 1.44. The number of carbonyl (C=O) groups excluding carboxylic acids is 1. The molecule has 0 radical (unpaired) electrons.